The SMILES string of the molecule is C=C(NCCCN(C)C)N(CC)C(=O)CC.CCNC(=O)N(CCCN(C)C)C(=O)CC. The lowest BCUT2D eigenvalue weighted by Gasteiger charge is -2.23. The van der Waals surface area contributed by atoms with Crippen LogP contribution in [0.15, 0.2) is 12.4 Å². The standard InChI is InChI=1S/C12H25N3O.C11H23N3O2/c1-6-12(16)15(7-2)11(3)13-9-8-10-14(4)5;1-5-10(15)14(11(16)12-6-2)9-7-8-13(3)4/h13H,3,6-10H2,1-2,4-5H3;5-9H2,1-4H3,(H,12,16). The molecular formula is C23H48N6O3. The molecule has 0 aromatic rings. The van der Waals surface area contributed by atoms with Crippen molar-refractivity contribution < 1.29 is 14.4 Å². The Hall–Kier alpha value is -2.13. The first kappa shape index (κ1) is 32.1. The summed E-state index contributed by atoms with van der Waals surface area (Å²) < 4.78 is 0. The highest BCUT2D eigenvalue weighted by atomic mass is 16.2. The zero-order chi connectivity index (χ0) is 25.1. The molecule has 0 radical (unpaired) electrons. The summed E-state index contributed by atoms with van der Waals surface area (Å²) in [6.07, 6.45) is 2.73. The maximum absolute atomic E-state index is 11.6. The summed E-state index contributed by atoms with van der Waals surface area (Å²) in [5.41, 5.74) is 0. The number of hydrogen-bond donors (Lipinski definition) is 2. The average molecular weight is 457 g/mol. The molecule has 32 heavy (non-hydrogen) atoms. The van der Waals surface area contributed by atoms with Gasteiger partial charge >= 0.3 is 6.03 Å². The van der Waals surface area contributed by atoms with E-state index < -0.39 is 0 Å². The van der Waals surface area contributed by atoms with Crippen molar-refractivity contribution in [3.63, 3.8) is 0 Å². The fourth-order valence-electron chi connectivity index (χ4n) is 2.75. The van der Waals surface area contributed by atoms with Crippen molar-refractivity contribution in [1.29, 1.82) is 0 Å². The first-order valence-corrected chi connectivity index (χ1v) is 11.7. The summed E-state index contributed by atoms with van der Waals surface area (Å²) in [4.78, 5) is 41.9. The van der Waals surface area contributed by atoms with Crippen molar-refractivity contribution in [3.05, 3.63) is 12.4 Å². The van der Waals surface area contributed by atoms with Crippen LogP contribution in [-0.2, 0) is 9.59 Å². The summed E-state index contributed by atoms with van der Waals surface area (Å²) in [5.74, 6) is 0.713. The third kappa shape index (κ3) is 15.6. The van der Waals surface area contributed by atoms with Crippen molar-refractivity contribution in [3.8, 4) is 0 Å². The normalized spacial score (nSPS) is 10.3. The van der Waals surface area contributed by atoms with Gasteiger partial charge in [-0.15, -0.1) is 0 Å². The maximum Gasteiger partial charge on any atom is 0.324 e. The minimum absolute atomic E-state index is 0.118. The van der Waals surface area contributed by atoms with Crippen molar-refractivity contribution in [2.75, 3.05) is 67.5 Å². The Labute approximate surface area is 196 Å². The number of hydrogen-bond acceptors (Lipinski definition) is 6. The summed E-state index contributed by atoms with van der Waals surface area (Å²) >= 11 is 0. The van der Waals surface area contributed by atoms with Gasteiger partial charge < -0.3 is 20.4 Å². The van der Waals surface area contributed by atoms with Crippen LogP contribution in [0.4, 0.5) is 4.79 Å². The van der Waals surface area contributed by atoms with E-state index >= 15 is 0 Å². The third-order valence-corrected chi connectivity index (χ3v) is 4.52. The summed E-state index contributed by atoms with van der Waals surface area (Å²) in [5, 5.41) is 5.84. The van der Waals surface area contributed by atoms with Crippen LogP contribution in [0, 0.1) is 0 Å². The van der Waals surface area contributed by atoms with Crippen molar-refractivity contribution in [2.24, 2.45) is 0 Å². The first-order valence-electron chi connectivity index (χ1n) is 11.7. The quantitative estimate of drug-likeness (QED) is 0.390. The smallest absolute Gasteiger partial charge is 0.324 e. The number of carbonyl (C=O) groups is 3. The largest absolute Gasteiger partial charge is 0.372 e. The summed E-state index contributed by atoms with van der Waals surface area (Å²) in [6.45, 7) is 15.8. The molecule has 0 atom stereocenters. The topological polar surface area (TPSA) is 88.2 Å². The van der Waals surface area contributed by atoms with Crippen molar-refractivity contribution in [1.82, 2.24) is 30.2 Å². The molecular weight excluding hydrogens is 408 g/mol. The van der Waals surface area contributed by atoms with Gasteiger partial charge in [0.25, 0.3) is 0 Å². The fourth-order valence-corrected chi connectivity index (χ4v) is 2.75. The van der Waals surface area contributed by atoms with Gasteiger partial charge in [-0.25, -0.2) is 4.79 Å². The van der Waals surface area contributed by atoms with E-state index in [0.29, 0.717) is 38.3 Å². The minimum Gasteiger partial charge on any atom is -0.372 e. The van der Waals surface area contributed by atoms with Gasteiger partial charge in [-0.1, -0.05) is 20.4 Å². The van der Waals surface area contributed by atoms with Gasteiger partial charge in [0.1, 0.15) is 5.82 Å². The van der Waals surface area contributed by atoms with Gasteiger partial charge in [0, 0.05) is 39.0 Å². The Morgan fingerprint density at radius 1 is 0.719 bits per heavy atom. The summed E-state index contributed by atoms with van der Waals surface area (Å²) in [6, 6.07) is -0.284. The van der Waals surface area contributed by atoms with E-state index in [1.54, 1.807) is 11.8 Å². The van der Waals surface area contributed by atoms with Crippen LogP contribution in [0.25, 0.3) is 0 Å². The van der Waals surface area contributed by atoms with Crippen LogP contribution < -0.4 is 10.6 Å². The molecule has 2 N–H and O–H groups in total. The molecule has 188 valence electrons. The number of amides is 4. The molecule has 0 unspecified atom stereocenters. The van der Waals surface area contributed by atoms with E-state index in [2.05, 4.69) is 22.1 Å². The van der Waals surface area contributed by atoms with Gasteiger partial charge in [-0.05, 0) is 68.0 Å². The highest BCUT2D eigenvalue weighted by Gasteiger charge is 2.18. The number of rotatable bonds is 14. The molecule has 0 rings (SSSR count). The fraction of sp³-hybridized carbons (Fsp3) is 0.783. The Morgan fingerprint density at radius 3 is 1.66 bits per heavy atom. The molecule has 0 bridgehead atoms. The molecule has 0 aromatic carbocycles. The highest BCUT2D eigenvalue weighted by molar-refractivity contribution is 5.94. The minimum atomic E-state index is -0.284. The summed E-state index contributed by atoms with van der Waals surface area (Å²) in [7, 11) is 8.04. The molecule has 9 nitrogen and oxygen atoms in total. The van der Waals surface area contributed by atoms with E-state index in [1.807, 2.05) is 53.9 Å². The highest BCUT2D eigenvalue weighted by Crippen LogP contribution is 2.01. The van der Waals surface area contributed by atoms with Crippen molar-refractivity contribution in [2.45, 2.75) is 53.4 Å². The van der Waals surface area contributed by atoms with E-state index in [-0.39, 0.29) is 17.8 Å². The number of carbonyl (C=O) groups excluding carboxylic acids is 3. The number of nitrogens with zero attached hydrogens (tertiary/aromatic N) is 4. The monoisotopic (exact) mass is 456 g/mol. The molecule has 0 saturated heterocycles. The van der Waals surface area contributed by atoms with E-state index in [9.17, 15) is 14.4 Å². The van der Waals surface area contributed by atoms with Crippen LogP contribution in [0.3, 0.4) is 0 Å². The predicted molar refractivity (Wildman–Crippen MR) is 132 cm³/mol. The second-order valence-electron chi connectivity index (χ2n) is 7.91. The molecule has 0 aliphatic carbocycles. The van der Waals surface area contributed by atoms with Gasteiger partial charge in [0.15, 0.2) is 0 Å². The zero-order valence-electron chi connectivity index (χ0n) is 21.8. The van der Waals surface area contributed by atoms with Crippen LogP contribution in [0.2, 0.25) is 0 Å². The number of imide groups is 1. The molecule has 0 heterocycles. The molecule has 0 spiro atoms. The lowest BCUT2D eigenvalue weighted by Crippen LogP contribution is -2.44. The molecule has 9 heteroatoms. The van der Waals surface area contributed by atoms with E-state index in [4.69, 9.17) is 0 Å². The molecule has 0 aromatic heterocycles. The third-order valence-electron chi connectivity index (χ3n) is 4.52. The molecule has 0 aliphatic heterocycles. The van der Waals surface area contributed by atoms with E-state index in [1.165, 1.54) is 4.90 Å². The molecule has 0 fully saturated rings. The van der Waals surface area contributed by atoms with Crippen LogP contribution in [0.5, 0.6) is 0 Å². The predicted octanol–water partition coefficient (Wildman–Crippen LogP) is 2.16. The van der Waals surface area contributed by atoms with E-state index in [0.717, 1.165) is 32.5 Å². The van der Waals surface area contributed by atoms with Crippen LogP contribution >= 0.6 is 0 Å². The first-order chi connectivity index (χ1) is 15.0. The average Bonchev–Trinajstić information content (AvgIpc) is 2.74. The zero-order valence-corrected chi connectivity index (χ0v) is 21.8. The lowest BCUT2D eigenvalue weighted by atomic mass is 10.3. The van der Waals surface area contributed by atoms with Gasteiger partial charge in [0.05, 0.1) is 0 Å². The number of nitrogens with one attached hydrogen (secondary N) is 2. The molecule has 4 amide bonds. The Morgan fingerprint density at radius 2 is 1.22 bits per heavy atom. The second-order valence-corrected chi connectivity index (χ2v) is 7.91. The van der Waals surface area contributed by atoms with Crippen molar-refractivity contribution >= 4 is 17.8 Å². The van der Waals surface area contributed by atoms with Gasteiger partial charge in [-0.2, -0.15) is 0 Å². The Kier molecular flexibility index (Phi) is 19.6. The molecule has 0 aliphatic rings. The molecule has 0 saturated carbocycles. The van der Waals surface area contributed by atoms with Gasteiger partial charge in [-0.3, -0.25) is 19.4 Å². The van der Waals surface area contributed by atoms with Crippen LogP contribution in [-0.4, -0.2) is 105 Å². The lowest BCUT2D eigenvalue weighted by molar-refractivity contribution is -0.129. The Balaban J connectivity index is 0. The Bertz CT molecular complexity index is 550. The number of urea groups is 1. The maximum atomic E-state index is 11.6. The van der Waals surface area contributed by atoms with Crippen LogP contribution in [0.1, 0.15) is 53.4 Å². The van der Waals surface area contributed by atoms with Gasteiger partial charge in [0.2, 0.25) is 11.8 Å². The second kappa shape index (κ2) is 19.5.